The third-order valence-electron chi connectivity index (χ3n) is 3.07. The van der Waals surface area contributed by atoms with Gasteiger partial charge in [-0.1, -0.05) is 48.3 Å². The Bertz CT molecular complexity index is 741. The van der Waals surface area contributed by atoms with E-state index in [4.69, 9.17) is 32.7 Å². The van der Waals surface area contributed by atoms with Crippen LogP contribution in [0, 0.1) is 0 Å². The number of halogens is 2. The van der Waals surface area contributed by atoms with Crippen LogP contribution in [0.1, 0.15) is 13.3 Å². The summed E-state index contributed by atoms with van der Waals surface area (Å²) in [5.74, 6) is -0.510. The predicted octanol–water partition coefficient (Wildman–Crippen LogP) is 3.73. The molecule has 2 rings (SSSR count). The van der Waals surface area contributed by atoms with Crippen LogP contribution in [-0.2, 0) is 14.3 Å². The summed E-state index contributed by atoms with van der Waals surface area (Å²) < 4.78 is 10.5. The topological polar surface area (TPSA) is 77.5 Å². The van der Waals surface area contributed by atoms with Gasteiger partial charge in [0, 0.05) is 6.20 Å². The quantitative estimate of drug-likeness (QED) is 0.738. The van der Waals surface area contributed by atoms with Gasteiger partial charge in [0.1, 0.15) is 5.75 Å². The maximum atomic E-state index is 12.1. The highest BCUT2D eigenvalue weighted by Crippen LogP contribution is 2.22. The molecule has 0 unspecified atom stereocenters. The maximum Gasteiger partial charge on any atom is 0.347 e. The molecule has 0 saturated carbocycles. The summed E-state index contributed by atoms with van der Waals surface area (Å²) in [5.41, 5.74) is 0. The molecule has 2 aromatic rings. The van der Waals surface area contributed by atoms with Crippen molar-refractivity contribution in [2.24, 2.45) is 0 Å². The van der Waals surface area contributed by atoms with Crippen LogP contribution in [0.4, 0.5) is 5.82 Å². The van der Waals surface area contributed by atoms with Gasteiger partial charge in [0.05, 0.1) is 10.0 Å². The van der Waals surface area contributed by atoms with Gasteiger partial charge in [-0.3, -0.25) is 4.79 Å². The van der Waals surface area contributed by atoms with E-state index >= 15 is 0 Å². The summed E-state index contributed by atoms with van der Waals surface area (Å²) in [7, 11) is 0. The summed E-state index contributed by atoms with van der Waals surface area (Å²) in [6.07, 6.45) is 0.947. The first kappa shape index (κ1) is 19.0. The Kier molecular flexibility index (Phi) is 7.03. The second-order valence-electron chi connectivity index (χ2n) is 4.97. The van der Waals surface area contributed by atoms with Gasteiger partial charge in [-0.25, -0.2) is 9.78 Å². The molecule has 25 heavy (non-hydrogen) atoms. The van der Waals surface area contributed by atoms with Crippen molar-refractivity contribution in [1.82, 2.24) is 4.98 Å². The maximum absolute atomic E-state index is 12.1. The van der Waals surface area contributed by atoms with Crippen LogP contribution in [0.15, 0.2) is 42.6 Å². The fourth-order valence-electron chi connectivity index (χ4n) is 1.87. The van der Waals surface area contributed by atoms with Crippen LogP contribution in [0.25, 0.3) is 0 Å². The molecule has 1 heterocycles. The fraction of sp³-hybridized carbons (Fsp3) is 0.235. The first-order valence-electron chi connectivity index (χ1n) is 7.48. The number of aromatic nitrogens is 1. The predicted molar refractivity (Wildman–Crippen MR) is 95.0 cm³/mol. The van der Waals surface area contributed by atoms with Crippen LogP contribution in [0.3, 0.4) is 0 Å². The molecule has 0 spiro atoms. The van der Waals surface area contributed by atoms with Crippen molar-refractivity contribution in [1.29, 1.82) is 0 Å². The lowest BCUT2D eigenvalue weighted by molar-refractivity contribution is -0.154. The van der Waals surface area contributed by atoms with Crippen molar-refractivity contribution in [3.63, 3.8) is 0 Å². The van der Waals surface area contributed by atoms with Crippen LogP contribution in [0.5, 0.6) is 5.75 Å². The summed E-state index contributed by atoms with van der Waals surface area (Å²) in [6, 6.07) is 10.3. The van der Waals surface area contributed by atoms with E-state index in [-0.39, 0.29) is 10.8 Å². The largest absolute Gasteiger partial charge is 0.479 e. The van der Waals surface area contributed by atoms with E-state index in [1.807, 2.05) is 6.07 Å². The minimum atomic E-state index is -0.799. The smallest absolute Gasteiger partial charge is 0.347 e. The number of carbonyl (C=O) groups is 2. The Hall–Kier alpha value is -2.31. The number of hydrogen-bond acceptors (Lipinski definition) is 5. The first-order valence-corrected chi connectivity index (χ1v) is 8.24. The Balaban J connectivity index is 1.86. The molecule has 0 saturated heterocycles. The van der Waals surface area contributed by atoms with E-state index in [1.165, 1.54) is 12.3 Å². The Morgan fingerprint density at radius 2 is 1.96 bits per heavy atom. The first-order chi connectivity index (χ1) is 12.0. The van der Waals surface area contributed by atoms with Gasteiger partial charge >= 0.3 is 5.97 Å². The standard InChI is InChI=1S/C17H16Cl2N2O4/c1-2-14(25-12-6-4-3-5-7-12)17(23)24-10-15(22)21-16-13(19)8-11(18)9-20-16/h3-9,14H,2,10H2,1H3,(H,20,21,22)/t14-/m1/s1. The van der Waals surface area contributed by atoms with Crippen molar-refractivity contribution in [2.75, 3.05) is 11.9 Å². The number of nitrogens with one attached hydrogen (secondary N) is 1. The number of esters is 1. The normalized spacial score (nSPS) is 11.5. The molecular formula is C17H16Cl2N2O4. The molecule has 8 heteroatoms. The number of rotatable bonds is 7. The average Bonchev–Trinajstić information content (AvgIpc) is 2.61. The van der Waals surface area contributed by atoms with E-state index < -0.39 is 24.6 Å². The Morgan fingerprint density at radius 3 is 2.60 bits per heavy atom. The number of nitrogens with zero attached hydrogens (tertiary/aromatic N) is 1. The molecule has 1 aromatic carbocycles. The number of ether oxygens (including phenoxy) is 2. The van der Waals surface area contributed by atoms with E-state index in [0.717, 1.165) is 0 Å². The van der Waals surface area contributed by atoms with Gasteiger partial charge in [0.25, 0.3) is 5.91 Å². The highest BCUT2D eigenvalue weighted by molar-refractivity contribution is 6.36. The number of hydrogen-bond donors (Lipinski definition) is 1. The molecule has 0 aliphatic carbocycles. The summed E-state index contributed by atoms with van der Waals surface area (Å²) in [5, 5.41) is 2.97. The van der Waals surface area contributed by atoms with E-state index in [1.54, 1.807) is 31.2 Å². The van der Waals surface area contributed by atoms with Crippen molar-refractivity contribution >= 4 is 40.9 Å². The van der Waals surface area contributed by atoms with E-state index in [9.17, 15) is 9.59 Å². The fourth-order valence-corrected chi connectivity index (χ4v) is 2.29. The third-order valence-corrected chi connectivity index (χ3v) is 3.56. The molecule has 1 amide bonds. The summed E-state index contributed by atoms with van der Waals surface area (Å²) in [6.45, 7) is 1.31. The summed E-state index contributed by atoms with van der Waals surface area (Å²) in [4.78, 5) is 27.8. The lowest BCUT2D eigenvalue weighted by Crippen LogP contribution is -2.31. The molecule has 0 aliphatic heterocycles. The van der Waals surface area contributed by atoms with Crippen LogP contribution < -0.4 is 10.1 Å². The van der Waals surface area contributed by atoms with Crippen LogP contribution in [-0.4, -0.2) is 29.6 Å². The Labute approximate surface area is 155 Å². The average molecular weight is 383 g/mol. The lowest BCUT2D eigenvalue weighted by atomic mass is 10.2. The molecule has 1 aromatic heterocycles. The molecule has 0 aliphatic rings. The summed E-state index contributed by atoms with van der Waals surface area (Å²) >= 11 is 11.6. The number of benzene rings is 1. The molecule has 0 radical (unpaired) electrons. The van der Waals surface area contributed by atoms with Crippen molar-refractivity contribution in [3.05, 3.63) is 52.6 Å². The van der Waals surface area contributed by atoms with Gasteiger partial charge in [0.15, 0.2) is 18.5 Å². The van der Waals surface area contributed by atoms with Crippen LogP contribution in [0.2, 0.25) is 10.0 Å². The van der Waals surface area contributed by atoms with E-state index in [0.29, 0.717) is 17.2 Å². The number of amides is 1. The minimum Gasteiger partial charge on any atom is -0.479 e. The highest BCUT2D eigenvalue weighted by Gasteiger charge is 2.21. The molecular weight excluding hydrogens is 367 g/mol. The van der Waals surface area contributed by atoms with Gasteiger partial charge in [-0.15, -0.1) is 0 Å². The van der Waals surface area contributed by atoms with Gasteiger partial charge in [-0.05, 0) is 24.6 Å². The molecule has 0 bridgehead atoms. The van der Waals surface area contributed by atoms with E-state index in [2.05, 4.69) is 10.3 Å². The lowest BCUT2D eigenvalue weighted by Gasteiger charge is -2.16. The van der Waals surface area contributed by atoms with Crippen molar-refractivity contribution in [3.8, 4) is 5.75 Å². The zero-order chi connectivity index (χ0) is 18.2. The number of carbonyl (C=O) groups excluding carboxylic acids is 2. The SMILES string of the molecule is CC[C@@H](Oc1ccccc1)C(=O)OCC(=O)Nc1ncc(Cl)cc1Cl. The number of para-hydroxylation sites is 1. The second kappa shape index (κ2) is 9.25. The van der Waals surface area contributed by atoms with Gasteiger partial charge in [0.2, 0.25) is 0 Å². The number of anilines is 1. The van der Waals surface area contributed by atoms with Gasteiger partial charge in [-0.2, -0.15) is 0 Å². The molecule has 0 fully saturated rings. The van der Waals surface area contributed by atoms with Crippen molar-refractivity contribution < 1.29 is 19.1 Å². The Morgan fingerprint density at radius 1 is 1.24 bits per heavy atom. The molecule has 1 atom stereocenters. The highest BCUT2D eigenvalue weighted by atomic mass is 35.5. The number of pyridine rings is 1. The minimum absolute atomic E-state index is 0.139. The second-order valence-corrected chi connectivity index (χ2v) is 5.81. The third kappa shape index (κ3) is 5.92. The monoisotopic (exact) mass is 382 g/mol. The van der Waals surface area contributed by atoms with Crippen LogP contribution >= 0.6 is 23.2 Å². The van der Waals surface area contributed by atoms with Crippen molar-refractivity contribution in [2.45, 2.75) is 19.4 Å². The zero-order valence-corrected chi connectivity index (χ0v) is 14.9. The van der Waals surface area contributed by atoms with Gasteiger partial charge < -0.3 is 14.8 Å². The zero-order valence-electron chi connectivity index (χ0n) is 13.4. The molecule has 6 nitrogen and oxygen atoms in total. The molecule has 132 valence electrons. The molecule has 1 N–H and O–H groups in total.